The minimum Gasteiger partial charge on any atom is -0.383 e. The van der Waals surface area contributed by atoms with Crippen LogP contribution in [0.1, 0.15) is 27.7 Å². The Morgan fingerprint density at radius 3 is 2.33 bits per heavy atom. The summed E-state index contributed by atoms with van der Waals surface area (Å²) in [6, 6.07) is 0.994. The van der Waals surface area contributed by atoms with E-state index in [1.54, 1.807) is 7.11 Å². The van der Waals surface area contributed by atoms with Crippen molar-refractivity contribution in [1.29, 1.82) is 0 Å². The monoisotopic (exact) mass is 257 g/mol. The van der Waals surface area contributed by atoms with E-state index in [0.29, 0.717) is 12.1 Å². The van der Waals surface area contributed by atoms with E-state index in [0.717, 1.165) is 26.2 Å². The van der Waals surface area contributed by atoms with E-state index in [2.05, 4.69) is 24.1 Å². The number of carbonyl (C=O) groups excluding carboxylic acids is 1. The van der Waals surface area contributed by atoms with Crippen LogP contribution in [0.5, 0.6) is 0 Å². The Bertz CT molecular complexity index is 259. The molecule has 1 rings (SSSR count). The lowest BCUT2D eigenvalue weighted by molar-refractivity contribution is 0.0345. The van der Waals surface area contributed by atoms with Gasteiger partial charge in [0.15, 0.2) is 0 Å². The molecule has 0 spiro atoms. The second kappa shape index (κ2) is 6.95. The predicted molar refractivity (Wildman–Crippen MR) is 72.7 cm³/mol. The molecule has 0 saturated carbocycles. The lowest BCUT2D eigenvalue weighted by atomic mass is 10.1. The van der Waals surface area contributed by atoms with Crippen LogP contribution in [0, 0.1) is 0 Å². The molecule has 106 valence electrons. The maximum atomic E-state index is 12.0. The molecular weight excluding hydrogens is 230 g/mol. The van der Waals surface area contributed by atoms with Crippen molar-refractivity contribution in [3.8, 4) is 0 Å². The summed E-state index contributed by atoms with van der Waals surface area (Å²) in [7, 11) is 1.72. The number of amides is 2. The summed E-state index contributed by atoms with van der Waals surface area (Å²) in [5.74, 6) is 0. The van der Waals surface area contributed by atoms with Crippen molar-refractivity contribution in [1.82, 2.24) is 15.1 Å². The molecule has 0 radical (unpaired) electrons. The van der Waals surface area contributed by atoms with Gasteiger partial charge in [-0.2, -0.15) is 0 Å². The van der Waals surface area contributed by atoms with Crippen molar-refractivity contribution in [2.75, 3.05) is 33.4 Å². The Kier molecular flexibility index (Phi) is 5.88. The van der Waals surface area contributed by atoms with E-state index in [1.165, 1.54) is 0 Å². The Balaban J connectivity index is 2.52. The highest BCUT2D eigenvalue weighted by Gasteiger charge is 2.31. The number of carbonyl (C=O) groups is 1. The van der Waals surface area contributed by atoms with Crippen LogP contribution in [0.25, 0.3) is 0 Å². The molecule has 1 aliphatic heterocycles. The maximum Gasteiger partial charge on any atom is 0.317 e. The van der Waals surface area contributed by atoms with E-state index in [9.17, 15) is 4.79 Å². The number of ether oxygens (including phenoxy) is 1. The fraction of sp³-hybridized carbons (Fsp3) is 0.923. The number of hydrogen-bond acceptors (Lipinski definition) is 3. The van der Waals surface area contributed by atoms with Crippen molar-refractivity contribution in [3.05, 3.63) is 0 Å². The number of urea groups is 1. The van der Waals surface area contributed by atoms with Crippen LogP contribution >= 0.6 is 0 Å². The van der Waals surface area contributed by atoms with Gasteiger partial charge in [0.25, 0.3) is 0 Å². The van der Waals surface area contributed by atoms with Crippen molar-refractivity contribution >= 4 is 6.03 Å². The average Bonchev–Trinajstić information content (AvgIpc) is 2.26. The fourth-order valence-electron chi connectivity index (χ4n) is 2.50. The second-order valence-electron chi connectivity index (χ2n) is 5.44. The normalized spacial score (nSPS) is 25.6. The first-order chi connectivity index (χ1) is 8.45. The van der Waals surface area contributed by atoms with Gasteiger partial charge in [-0.25, -0.2) is 4.79 Å². The molecule has 1 aliphatic rings. The highest BCUT2D eigenvalue weighted by atomic mass is 16.5. The van der Waals surface area contributed by atoms with E-state index in [-0.39, 0.29) is 12.1 Å². The standard InChI is InChI=1S/C13H27N3O2/c1-10(2)14-13(17)15-8-11(3)16(6-7-18-5)12(4)9-15/h10-12H,6-9H2,1-5H3,(H,14,17). The van der Waals surface area contributed by atoms with E-state index in [4.69, 9.17) is 4.74 Å². The van der Waals surface area contributed by atoms with Gasteiger partial charge in [-0.3, -0.25) is 4.90 Å². The largest absolute Gasteiger partial charge is 0.383 e. The third-order valence-corrected chi connectivity index (χ3v) is 3.35. The lowest BCUT2D eigenvalue weighted by Gasteiger charge is -2.44. The number of hydrogen-bond donors (Lipinski definition) is 1. The summed E-state index contributed by atoms with van der Waals surface area (Å²) >= 11 is 0. The molecule has 0 aliphatic carbocycles. The first kappa shape index (κ1) is 15.2. The van der Waals surface area contributed by atoms with Crippen molar-refractivity contribution in [3.63, 3.8) is 0 Å². The summed E-state index contributed by atoms with van der Waals surface area (Å²) in [6.07, 6.45) is 0. The molecule has 2 atom stereocenters. The number of nitrogens with one attached hydrogen (secondary N) is 1. The minimum atomic E-state index is 0.0510. The first-order valence-electron chi connectivity index (χ1n) is 6.75. The topological polar surface area (TPSA) is 44.8 Å². The zero-order chi connectivity index (χ0) is 13.7. The number of rotatable bonds is 4. The molecule has 0 aromatic heterocycles. The summed E-state index contributed by atoms with van der Waals surface area (Å²) < 4.78 is 5.13. The van der Waals surface area contributed by atoms with E-state index < -0.39 is 0 Å². The zero-order valence-electron chi connectivity index (χ0n) is 12.3. The quantitative estimate of drug-likeness (QED) is 0.821. The molecule has 0 aromatic carbocycles. The van der Waals surface area contributed by atoms with Crippen LogP contribution in [-0.2, 0) is 4.74 Å². The van der Waals surface area contributed by atoms with Gasteiger partial charge in [-0.1, -0.05) is 0 Å². The fourth-order valence-corrected chi connectivity index (χ4v) is 2.50. The van der Waals surface area contributed by atoms with E-state index >= 15 is 0 Å². The number of methoxy groups -OCH3 is 1. The Labute approximate surface area is 110 Å². The molecular formula is C13H27N3O2. The van der Waals surface area contributed by atoms with Gasteiger partial charge in [0.1, 0.15) is 0 Å². The van der Waals surface area contributed by atoms with Crippen LogP contribution < -0.4 is 5.32 Å². The van der Waals surface area contributed by atoms with Crippen molar-refractivity contribution < 1.29 is 9.53 Å². The van der Waals surface area contributed by atoms with Crippen LogP contribution in [0.3, 0.4) is 0 Å². The smallest absolute Gasteiger partial charge is 0.317 e. The molecule has 18 heavy (non-hydrogen) atoms. The molecule has 2 unspecified atom stereocenters. The van der Waals surface area contributed by atoms with Gasteiger partial charge in [0, 0.05) is 44.9 Å². The van der Waals surface area contributed by atoms with Gasteiger partial charge in [0.05, 0.1) is 6.61 Å². The highest BCUT2D eigenvalue weighted by Crippen LogP contribution is 2.15. The second-order valence-corrected chi connectivity index (χ2v) is 5.44. The number of nitrogens with zero attached hydrogens (tertiary/aromatic N) is 2. The molecule has 1 heterocycles. The molecule has 0 aromatic rings. The average molecular weight is 257 g/mol. The predicted octanol–water partition coefficient (Wildman–Crippen LogP) is 1.15. The summed E-state index contributed by atoms with van der Waals surface area (Å²) in [4.78, 5) is 16.3. The Morgan fingerprint density at radius 2 is 1.89 bits per heavy atom. The van der Waals surface area contributed by atoms with E-state index in [1.807, 2.05) is 18.7 Å². The molecule has 1 saturated heterocycles. The van der Waals surface area contributed by atoms with Crippen LogP contribution in [0.4, 0.5) is 4.79 Å². The zero-order valence-corrected chi connectivity index (χ0v) is 12.3. The van der Waals surface area contributed by atoms with Gasteiger partial charge < -0.3 is 15.0 Å². The summed E-state index contributed by atoms with van der Waals surface area (Å²) in [5, 5.41) is 2.96. The summed E-state index contributed by atoms with van der Waals surface area (Å²) in [6.45, 7) is 11.5. The molecule has 5 nitrogen and oxygen atoms in total. The SMILES string of the molecule is COCCN1C(C)CN(C(=O)NC(C)C)CC1C. The highest BCUT2D eigenvalue weighted by molar-refractivity contribution is 5.74. The maximum absolute atomic E-state index is 12.0. The molecule has 1 fully saturated rings. The lowest BCUT2D eigenvalue weighted by Crippen LogP contribution is -2.60. The van der Waals surface area contributed by atoms with Gasteiger partial charge in [-0.15, -0.1) is 0 Å². The third kappa shape index (κ3) is 4.14. The van der Waals surface area contributed by atoms with Gasteiger partial charge in [-0.05, 0) is 27.7 Å². The summed E-state index contributed by atoms with van der Waals surface area (Å²) in [5.41, 5.74) is 0. The Morgan fingerprint density at radius 1 is 1.33 bits per heavy atom. The number of piperazine rings is 1. The van der Waals surface area contributed by atoms with Gasteiger partial charge in [0.2, 0.25) is 0 Å². The molecule has 1 N–H and O–H groups in total. The van der Waals surface area contributed by atoms with Crippen molar-refractivity contribution in [2.24, 2.45) is 0 Å². The third-order valence-electron chi connectivity index (χ3n) is 3.35. The van der Waals surface area contributed by atoms with Crippen molar-refractivity contribution in [2.45, 2.75) is 45.8 Å². The van der Waals surface area contributed by atoms with Crippen LogP contribution in [-0.4, -0.2) is 67.3 Å². The van der Waals surface area contributed by atoms with Gasteiger partial charge >= 0.3 is 6.03 Å². The van der Waals surface area contributed by atoms with Crippen LogP contribution in [0.2, 0.25) is 0 Å². The van der Waals surface area contributed by atoms with Crippen LogP contribution in [0.15, 0.2) is 0 Å². The first-order valence-corrected chi connectivity index (χ1v) is 6.75. The molecule has 0 bridgehead atoms. The molecule has 5 heteroatoms. The molecule has 2 amide bonds. The Hall–Kier alpha value is -0.810. The minimum absolute atomic E-state index is 0.0510.